The molecule has 2 aliphatic carbocycles. The molecule has 0 bridgehead atoms. The van der Waals surface area contributed by atoms with Crippen LogP contribution in [0.5, 0.6) is 0 Å². The minimum atomic E-state index is -0.873. The third-order valence-corrected chi connectivity index (χ3v) is 5.31. The van der Waals surface area contributed by atoms with Crippen LogP contribution in [0.25, 0.3) is 0 Å². The number of benzene rings is 1. The molecule has 2 aromatic rings. The van der Waals surface area contributed by atoms with Crippen molar-refractivity contribution in [2.75, 3.05) is 6.54 Å². The van der Waals surface area contributed by atoms with Crippen molar-refractivity contribution in [2.24, 2.45) is 0 Å². The molecule has 27 heavy (non-hydrogen) atoms. The van der Waals surface area contributed by atoms with E-state index < -0.39 is 5.60 Å². The number of allylic oxidation sites excluding steroid dienone is 2. The Morgan fingerprint density at radius 2 is 1.85 bits per heavy atom. The predicted molar refractivity (Wildman–Crippen MR) is 98.2 cm³/mol. The number of aliphatic hydroxyl groups is 1. The quantitative estimate of drug-likeness (QED) is 0.840. The second-order valence-electron chi connectivity index (χ2n) is 7.18. The molecule has 0 unspecified atom stereocenters. The van der Waals surface area contributed by atoms with Gasteiger partial charge < -0.3 is 10.4 Å². The zero-order valence-electron chi connectivity index (χ0n) is 15.0. The van der Waals surface area contributed by atoms with Crippen molar-refractivity contribution in [3.05, 3.63) is 59.1 Å². The SMILES string of the molecule is O=C1C=C(NCCn2cc(C3(O)CCCCC3)nn2)C(=O)c2ccccc21. The van der Waals surface area contributed by atoms with Gasteiger partial charge in [-0.1, -0.05) is 48.7 Å². The van der Waals surface area contributed by atoms with Crippen molar-refractivity contribution in [1.29, 1.82) is 0 Å². The highest BCUT2D eigenvalue weighted by molar-refractivity contribution is 6.24. The van der Waals surface area contributed by atoms with E-state index in [1.807, 2.05) is 0 Å². The normalized spacial score (nSPS) is 18.8. The second kappa shape index (κ2) is 7.08. The van der Waals surface area contributed by atoms with Crippen LogP contribution in [0.15, 0.2) is 42.2 Å². The highest BCUT2D eigenvalue weighted by Gasteiger charge is 2.34. The van der Waals surface area contributed by atoms with Gasteiger partial charge in [-0.2, -0.15) is 0 Å². The summed E-state index contributed by atoms with van der Waals surface area (Å²) in [6, 6.07) is 6.83. The molecular formula is C20H22N4O3. The Morgan fingerprint density at radius 1 is 1.11 bits per heavy atom. The Kier molecular flexibility index (Phi) is 4.61. The number of rotatable bonds is 5. The summed E-state index contributed by atoms with van der Waals surface area (Å²) in [6.07, 6.45) is 7.69. The maximum atomic E-state index is 12.5. The van der Waals surface area contributed by atoms with Gasteiger partial charge in [0.25, 0.3) is 0 Å². The molecule has 0 spiro atoms. The molecule has 0 aliphatic heterocycles. The Morgan fingerprint density at radius 3 is 2.63 bits per heavy atom. The van der Waals surface area contributed by atoms with Crippen LogP contribution in [0, 0.1) is 0 Å². The van der Waals surface area contributed by atoms with Gasteiger partial charge in [-0.15, -0.1) is 5.10 Å². The Balaban J connectivity index is 1.38. The Bertz CT molecular complexity index is 909. The summed E-state index contributed by atoms with van der Waals surface area (Å²) in [5.41, 5.74) is 0.899. The van der Waals surface area contributed by atoms with Crippen LogP contribution in [0.2, 0.25) is 0 Å². The molecule has 1 saturated carbocycles. The molecule has 7 nitrogen and oxygen atoms in total. The molecule has 1 heterocycles. The number of aromatic nitrogens is 3. The van der Waals surface area contributed by atoms with Crippen molar-refractivity contribution in [3.8, 4) is 0 Å². The summed E-state index contributed by atoms with van der Waals surface area (Å²) < 4.78 is 1.65. The molecule has 4 rings (SSSR count). The van der Waals surface area contributed by atoms with Gasteiger partial charge >= 0.3 is 0 Å². The lowest BCUT2D eigenvalue weighted by molar-refractivity contribution is -0.00474. The lowest BCUT2D eigenvalue weighted by atomic mass is 9.83. The van der Waals surface area contributed by atoms with Crippen molar-refractivity contribution in [3.63, 3.8) is 0 Å². The molecule has 0 saturated heterocycles. The van der Waals surface area contributed by atoms with Gasteiger partial charge in [-0.3, -0.25) is 14.3 Å². The summed E-state index contributed by atoms with van der Waals surface area (Å²) >= 11 is 0. The lowest BCUT2D eigenvalue weighted by Crippen LogP contribution is -2.29. The number of carbonyl (C=O) groups is 2. The second-order valence-corrected chi connectivity index (χ2v) is 7.18. The van der Waals surface area contributed by atoms with Crippen molar-refractivity contribution >= 4 is 11.6 Å². The average molecular weight is 366 g/mol. The monoisotopic (exact) mass is 366 g/mol. The first-order valence-electron chi connectivity index (χ1n) is 9.33. The summed E-state index contributed by atoms with van der Waals surface area (Å²) in [4.78, 5) is 24.7. The van der Waals surface area contributed by atoms with Crippen LogP contribution < -0.4 is 5.32 Å². The van der Waals surface area contributed by atoms with Crippen LogP contribution >= 0.6 is 0 Å². The highest BCUT2D eigenvalue weighted by atomic mass is 16.3. The van der Waals surface area contributed by atoms with E-state index in [1.54, 1.807) is 35.1 Å². The zero-order valence-corrected chi connectivity index (χ0v) is 15.0. The fourth-order valence-corrected chi connectivity index (χ4v) is 3.77. The van der Waals surface area contributed by atoms with E-state index >= 15 is 0 Å². The highest BCUT2D eigenvalue weighted by Crippen LogP contribution is 2.35. The number of Topliss-reactive ketones (excluding diaryl/α,β-unsaturated/α-hetero) is 1. The summed E-state index contributed by atoms with van der Waals surface area (Å²) in [7, 11) is 0. The number of carbonyl (C=O) groups excluding carboxylic acids is 2. The fraction of sp³-hybridized carbons (Fsp3) is 0.400. The molecule has 1 aromatic heterocycles. The van der Waals surface area contributed by atoms with E-state index in [9.17, 15) is 14.7 Å². The van der Waals surface area contributed by atoms with Crippen molar-refractivity contribution in [1.82, 2.24) is 20.3 Å². The standard InChI is InChI=1S/C20H22N4O3/c25-17-12-16(19(26)15-7-3-2-6-14(15)17)21-10-11-24-13-18(22-23-24)20(27)8-4-1-5-9-20/h2-3,6-7,12-13,21,27H,1,4-5,8-11H2. The topological polar surface area (TPSA) is 97.1 Å². The van der Waals surface area contributed by atoms with Gasteiger partial charge in [0.05, 0.1) is 18.4 Å². The first-order chi connectivity index (χ1) is 13.1. The molecule has 1 fully saturated rings. The number of fused-ring (bicyclic) bond motifs is 1. The van der Waals surface area contributed by atoms with Gasteiger partial charge in [0.2, 0.25) is 5.78 Å². The summed E-state index contributed by atoms with van der Waals surface area (Å²) in [6.45, 7) is 0.901. The Labute approximate surface area is 157 Å². The molecule has 140 valence electrons. The van der Waals surface area contributed by atoms with E-state index in [1.165, 1.54) is 6.08 Å². The first kappa shape index (κ1) is 17.6. The van der Waals surface area contributed by atoms with E-state index in [4.69, 9.17) is 0 Å². The van der Waals surface area contributed by atoms with E-state index in [0.29, 0.717) is 48.4 Å². The van der Waals surface area contributed by atoms with E-state index in [-0.39, 0.29) is 11.6 Å². The average Bonchev–Trinajstić information content (AvgIpc) is 3.16. The lowest BCUT2D eigenvalue weighted by Gasteiger charge is -2.29. The first-order valence-corrected chi connectivity index (χ1v) is 9.33. The molecule has 0 radical (unpaired) electrons. The Hall–Kier alpha value is -2.80. The predicted octanol–water partition coefficient (Wildman–Crippen LogP) is 1.98. The van der Waals surface area contributed by atoms with Crippen LogP contribution in [-0.4, -0.2) is 38.2 Å². The number of hydrogen-bond acceptors (Lipinski definition) is 6. The molecule has 7 heteroatoms. The maximum Gasteiger partial charge on any atom is 0.209 e. The summed E-state index contributed by atoms with van der Waals surface area (Å²) in [5, 5.41) is 22.0. The van der Waals surface area contributed by atoms with Gasteiger partial charge in [-0.25, -0.2) is 0 Å². The smallest absolute Gasteiger partial charge is 0.209 e. The third kappa shape index (κ3) is 3.42. The van der Waals surface area contributed by atoms with Crippen molar-refractivity contribution < 1.29 is 14.7 Å². The van der Waals surface area contributed by atoms with Crippen LogP contribution in [0.4, 0.5) is 0 Å². The van der Waals surface area contributed by atoms with Crippen LogP contribution in [-0.2, 0) is 12.1 Å². The van der Waals surface area contributed by atoms with Crippen molar-refractivity contribution in [2.45, 2.75) is 44.2 Å². The van der Waals surface area contributed by atoms with E-state index in [2.05, 4.69) is 15.6 Å². The van der Waals surface area contributed by atoms with Gasteiger partial charge in [0.15, 0.2) is 5.78 Å². The van der Waals surface area contributed by atoms with Gasteiger partial charge in [-0.05, 0) is 12.8 Å². The van der Waals surface area contributed by atoms with Gasteiger partial charge in [0, 0.05) is 23.7 Å². The van der Waals surface area contributed by atoms with E-state index in [0.717, 1.165) is 19.3 Å². The van der Waals surface area contributed by atoms with Gasteiger partial charge in [0.1, 0.15) is 11.3 Å². The maximum absolute atomic E-state index is 12.5. The number of ketones is 2. The molecule has 0 amide bonds. The van der Waals surface area contributed by atoms with Crippen LogP contribution in [0.1, 0.15) is 58.5 Å². The molecule has 0 atom stereocenters. The molecule has 1 aromatic carbocycles. The molecule has 2 N–H and O–H groups in total. The number of nitrogens with one attached hydrogen (secondary N) is 1. The third-order valence-electron chi connectivity index (χ3n) is 5.31. The molecule has 2 aliphatic rings. The summed E-state index contributed by atoms with van der Waals surface area (Å²) in [5.74, 6) is -0.351. The van der Waals surface area contributed by atoms with Crippen LogP contribution in [0.3, 0.4) is 0 Å². The molecular weight excluding hydrogens is 344 g/mol. The largest absolute Gasteiger partial charge is 0.383 e. The number of hydrogen-bond donors (Lipinski definition) is 2. The minimum absolute atomic E-state index is 0.171. The fourth-order valence-electron chi connectivity index (χ4n) is 3.77. The zero-order chi connectivity index (χ0) is 18.9. The number of nitrogens with zero attached hydrogens (tertiary/aromatic N) is 3. The minimum Gasteiger partial charge on any atom is -0.383 e.